The zero-order valence-electron chi connectivity index (χ0n) is 12.6. The van der Waals surface area contributed by atoms with Crippen LogP contribution in [0.5, 0.6) is 0 Å². The first-order valence-electron chi connectivity index (χ1n) is 7.31. The molecule has 0 bridgehead atoms. The molecular weight excluding hydrogens is 364 g/mol. The van der Waals surface area contributed by atoms with Gasteiger partial charge in [-0.2, -0.15) is 24.5 Å². The molecule has 0 unspecified atom stereocenters. The number of nitrogens with zero attached hydrogens (tertiary/aromatic N) is 1. The first-order valence-corrected chi connectivity index (χ1v) is 8.25. The minimum Gasteiger partial charge on any atom is -0.314 e. The second-order valence-electron chi connectivity index (χ2n) is 5.45. The number of hydrogen-bond acceptors (Lipinski definition) is 3. The molecule has 1 aliphatic heterocycles. The zero-order valence-corrected chi connectivity index (χ0v) is 14.3. The molecule has 1 N–H and O–H groups in total. The van der Waals surface area contributed by atoms with Gasteiger partial charge in [0.05, 0.1) is 11.6 Å². The fraction of sp³-hybridized carbons (Fsp3) is 0.375. The van der Waals surface area contributed by atoms with Crippen molar-refractivity contribution in [3.8, 4) is 0 Å². The standard InChI is InChI=1S/C16H16F4N2S.ClH/c17-13-3-1-2-12(14(13)16(18,19)20)15(11-4-9-23-10-11)22-7-5-21-6-8-22;/h1-4,9-10,15,21H,5-8H2;1H/t15-;/m0./s1. The van der Waals surface area contributed by atoms with Crippen LogP contribution in [0.25, 0.3) is 0 Å². The third-order valence-corrected chi connectivity index (χ3v) is 4.70. The van der Waals surface area contributed by atoms with E-state index in [2.05, 4.69) is 5.32 Å². The van der Waals surface area contributed by atoms with Crippen LogP contribution in [-0.2, 0) is 6.18 Å². The SMILES string of the molecule is Cl.Fc1cccc([C@H](c2ccsc2)N2CCNCC2)c1C(F)(F)F. The van der Waals surface area contributed by atoms with Gasteiger partial charge in [-0.15, -0.1) is 12.4 Å². The second-order valence-corrected chi connectivity index (χ2v) is 6.23. The Morgan fingerprint density at radius 1 is 1.12 bits per heavy atom. The predicted molar refractivity (Wildman–Crippen MR) is 89.3 cm³/mol. The lowest BCUT2D eigenvalue weighted by atomic mass is 9.93. The van der Waals surface area contributed by atoms with Gasteiger partial charge < -0.3 is 5.32 Å². The maximum atomic E-state index is 14.0. The molecule has 1 aromatic carbocycles. The van der Waals surface area contributed by atoms with E-state index in [0.717, 1.165) is 11.6 Å². The van der Waals surface area contributed by atoms with Gasteiger partial charge in [0.15, 0.2) is 0 Å². The largest absolute Gasteiger partial charge is 0.419 e. The van der Waals surface area contributed by atoms with Crippen LogP contribution in [-0.4, -0.2) is 31.1 Å². The van der Waals surface area contributed by atoms with E-state index in [1.807, 2.05) is 21.7 Å². The van der Waals surface area contributed by atoms with Crippen molar-refractivity contribution >= 4 is 23.7 Å². The smallest absolute Gasteiger partial charge is 0.314 e. The molecule has 24 heavy (non-hydrogen) atoms. The van der Waals surface area contributed by atoms with Gasteiger partial charge in [0.2, 0.25) is 0 Å². The van der Waals surface area contributed by atoms with Crippen LogP contribution in [0.15, 0.2) is 35.0 Å². The molecule has 1 atom stereocenters. The van der Waals surface area contributed by atoms with Gasteiger partial charge in [-0.25, -0.2) is 4.39 Å². The summed E-state index contributed by atoms with van der Waals surface area (Å²) >= 11 is 1.43. The molecule has 0 aliphatic carbocycles. The number of rotatable bonds is 3. The predicted octanol–water partition coefficient (Wildman–Crippen LogP) is 4.32. The third kappa shape index (κ3) is 3.91. The molecule has 1 saturated heterocycles. The summed E-state index contributed by atoms with van der Waals surface area (Å²) in [6, 6.07) is 4.82. The van der Waals surface area contributed by atoms with Crippen LogP contribution in [0.4, 0.5) is 17.6 Å². The lowest BCUT2D eigenvalue weighted by Gasteiger charge is -2.36. The molecule has 2 heterocycles. The number of hydrogen-bond donors (Lipinski definition) is 1. The summed E-state index contributed by atoms with van der Waals surface area (Å²) in [6.45, 7) is 2.65. The fourth-order valence-corrected chi connectivity index (χ4v) is 3.70. The topological polar surface area (TPSA) is 15.3 Å². The third-order valence-electron chi connectivity index (χ3n) is 4.00. The number of benzene rings is 1. The van der Waals surface area contributed by atoms with E-state index in [9.17, 15) is 17.6 Å². The van der Waals surface area contributed by atoms with E-state index >= 15 is 0 Å². The van der Waals surface area contributed by atoms with Crippen molar-refractivity contribution in [3.05, 3.63) is 57.5 Å². The number of thiophene rings is 1. The summed E-state index contributed by atoms with van der Waals surface area (Å²) in [5, 5.41) is 6.85. The Morgan fingerprint density at radius 2 is 1.83 bits per heavy atom. The van der Waals surface area contributed by atoms with Crippen molar-refractivity contribution in [2.75, 3.05) is 26.2 Å². The number of nitrogens with one attached hydrogen (secondary N) is 1. The summed E-state index contributed by atoms with van der Waals surface area (Å²) < 4.78 is 54.2. The van der Waals surface area contributed by atoms with E-state index in [-0.39, 0.29) is 18.0 Å². The molecule has 2 aromatic rings. The maximum Gasteiger partial charge on any atom is 0.419 e. The average Bonchev–Trinajstić information content (AvgIpc) is 3.01. The van der Waals surface area contributed by atoms with E-state index in [4.69, 9.17) is 0 Å². The van der Waals surface area contributed by atoms with Crippen LogP contribution in [0, 0.1) is 5.82 Å². The summed E-state index contributed by atoms with van der Waals surface area (Å²) in [7, 11) is 0. The van der Waals surface area contributed by atoms with Crippen molar-refractivity contribution < 1.29 is 17.6 Å². The Bertz CT molecular complexity index is 655. The van der Waals surface area contributed by atoms with Gasteiger partial charge in [-0.05, 0) is 34.0 Å². The molecule has 1 aliphatic rings. The van der Waals surface area contributed by atoms with E-state index in [1.54, 1.807) is 0 Å². The first kappa shape index (κ1) is 19.2. The second kappa shape index (κ2) is 7.82. The molecule has 0 amide bonds. The number of piperazine rings is 1. The van der Waals surface area contributed by atoms with Crippen molar-refractivity contribution in [2.45, 2.75) is 12.2 Å². The normalized spacial score (nSPS) is 17.3. The lowest BCUT2D eigenvalue weighted by molar-refractivity contribution is -0.141. The number of alkyl halides is 3. The highest BCUT2D eigenvalue weighted by Gasteiger charge is 2.40. The molecule has 132 valence electrons. The maximum absolute atomic E-state index is 14.0. The molecule has 1 fully saturated rings. The van der Waals surface area contributed by atoms with Gasteiger partial charge in [-0.3, -0.25) is 4.90 Å². The Hall–Kier alpha value is -1.15. The minimum atomic E-state index is -4.72. The van der Waals surface area contributed by atoms with Crippen LogP contribution in [0.3, 0.4) is 0 Å². The van der Waals surface area contributed by atoms with Crippen molar-refractivity contribution in [1.82, 2.24) is 10.2 Å². The average molecular weight is 381 g/mol. The summed E-state index contributed by atoms with van der Waals surface area (Å²) in [6.07, 6.45) is -4.72. The monoisotopic (exact) mass is 380 g/mol. The van der Waals surface area contributed by atoms with Gasteiger partial charge in [0, 0.05) is 26.2 Å². The Labute approximate surface area is 147 Å². The summed E-state index contributed by atoms with van der Waals surface area (Å²) in [5.41, 5.74) is -0.402. The summed E-state index contributed by atoms with van der Waals surface area (Å²) in [4.78, 5) is 1.97. The van der Waals surface area contributed by atoms with Crippen molar-refractivity contribution in [2.24, 2.45) is 0 Å². The molecule has 2 nitrogen and oxygen atoms in total. The quantitative estimate of drug-likeness (QED) is 0.798. The molecule has 0 spiro atoms. The van der Waals surface area contributed by atoms with Gasteiger partial charge in [-0.1, -0.05) is 12.1 Å². The van der Waals surface area contributed by atoms with Crippen LogP contribution in [0.1, 0.15) is 22.7 Å². The molecule has 0 saturated carbocycles. The first-order chi connectivity index (χ1) is 11.0. The minimum absolute atomic E-state index is 0. The number of halogens is 5. The highest BCUT2D eigenvalue weighted by atomic mass is 35.5. The fourth-order valence-electron chi connectivity index (χ4n) is 3.03. The summed E-state index contributed by atoms with van der Waals surface area (Å²) in [5.74, 6) is -1.22. The van der Waals surface area contributed by atoms with Crippen LogP contribution >= 0.6 is 23.7 Å². The lowest BCUT2D eigenvalue weighted by Crippen LogP contribution is -2.45. The van der Waals surface area contributed by atoms with Crippen molar-refractivity contribution in [1.29, 1.82) is 0 Å². The van der Waals surface area contributed by atoms with E-state index < -0.39 is 23.6 Å². The highest BCUT2D eigenvalue weighted by molar-refractivity contribution is 7.08. The highest BCUT2D eigenvalue weighted by Crippen LogP contribution is 2.40. The zero-order chi connectivity index (χ0) is 16.4. The molecule has 8 heteroatoms. The van der Waals surface area contributed by atoms with Crippen LogP contribution < -0.4 is 5.32 Å². The Kier molecular flexibility index (Phi) is 6.25. The van der Waals surface area contributed by atoms with Gasteiger partial charge >= 0.3 is 6.18 Å². The molecule has 1 aromatic heterocycles. The van der Waals surface area contributed by atoms with E-state index in [0.29, 0.717) is 26.2 Å². The van der Waals surface area contributed by atoms with Gasteiger partial charge in [0.1, 0.15) is 5.82 Å². The van der Waals surface area contributed by atoms with Gasteiger partial charge in [0.25, 0.3) is 0 Å². The Balaban J connectivity index is 0.00000208. The Morgan fingerprint density at radius 3 is 2.42 bits per heavy atom. The molecular formula is C16H17ClF4N2S. The van der Waals surface area contributed by atoms with E-state index in [1.165, 1.54) is 23.5 Å². The molecule has 0 radical (unpaired) electrons. The van der Waals surface area contributed by atoms with Crippen molar-refractivity contribution in [3.63, 3.8) is 0 Å². The van der Waals surface area contributed by atoms with Crippen LogP contribution in [0.2, 0.25) is 0 Å². The molecule has 3 rings (SSSR count).